The summed E-state index contributed by atoms with van der Waals surface area (Å²) in [6, 6.07) is 1.94. The van der Waals surface area contributed by atoms with Crippen molar-refractivity contribution in [2.45, 2.75) is 37.8 Å². The number of rotatable bonds is 1. The van der Waals surface area contributed by atoms with Crippen LogP contribution in [0.3, 0.4) is 0 Å². The van der Waals surface area contributed by atoms with Gasteiger partial charge in [-0.25, -0.2) is 0 Å². The Morgan fingerprint density at radius 2 is 2.28 bits per heavy atom. The van der Waals surface area contributed by atoms with Crippen molar-refractivity contribution in [1.29, 1.82) is 0 Å². The van der Waals surface area contributed by atoms with Crippen molar-refractivity contribution in [2.75, 3.05) is 18.9 Å². The van der Waals surface area contributed by atoms with Crippen molar-refractivity contribution in [1.82, 2.24) is 9.88 Å². The highest BCUT2D eigenvalue weighted by atomic mass is 16.5. The van der Waals surface area contributed by atoms with Crippen LogP contribution in [-0.4, -0.2) is 41.1 Å². The van der Waals surface area contributed by atoms with Gasteiger partial charge in [0.15, 0.2) is 0 Å². The number of anilines is 1. The first kappa shape index (κ1) is 11.6. The monoisotopic (exact) mass is 249 g/mol. The molecule has 3 rings (SSSR count). The molecule has 1 aromatic rings. The number of nitrogens with one attached hydrogen (secondary N) is 1. The lowest BCUT2D eigenvalue weighted by Gasteiger charge is -2.43. The average molecular weight is 249 g/mol. The number of morpholine rings is 1. The second-order valence-corrected chi connectivity index (χ2v) is 5.11. The fourth-order valence-corrected chi connectivity index (χ4v) is 3.04. The van der Waals surface area contributed by atoms with Gasteiger partial charge in [0.1, 0.15) is 5.69 Å². The summed E-state index contributed by atoms with van der Waals surface area (Å²) in [6.07, 6.45) is 6.39. The molecule has 1 aliphatic heterocycles. The first-order valence-corrected chi connectivity index (χ1v) is 6.62. The smallest absolute Gasteiger partial charge is 0.270 e. The van der Waals surface area contributed by atoms with Crippen LogP contribution in [0.1, 0.15) is 36.2 Å². The summed E-state index contributed by atoms with van der Waals surface area (Å²) >= 11 is 0. The highest BCUT2D eigenvalue weighted by Gasteiger charge is 2.37. The Kier molecular flexibility index (Phi) is 2.99. The van der Waals surface area contributed by atoms with Gasteiger partial charge < -0.3 is 20.4 Å². The Labute approximate surface area is 106 Å². The van der Waals surface area contributed by atoms with E-state index in [9.17, 15) is 4.79 Å². The van der Waals surface area contributed by atoms with Crippen LogP contribution in [0.2, 0.25) is 0 Å². The molecule has 1 saturated heterocycles. The molecule has 5 heteroatoms. The number of fused-ring (bicyclic) bond motifs is 1. The van der Waals surface area contributed by atoms with E-state index in [0.29, 0.717) is 24.5 Å². The molecule has 2 fully saturated rings. The van der Waals surface area contributed by atoms with Crippen molar-refractivity contribution in [3.8, 4) is 0 Å². The van der Waals surface area contributed by atoms with Crippen molar-refractivity contribution in [3.63, 3.8) is 0 Å². The SMILES string of the molecule is Nc1c[nH]c(C(=O)N2CCOC3CCCCC32)c1. The molecule has 1 saturated carbocycles. The van der Waals surface area contributed by atoms with Gasteiger partial charge in [0, 0.05) is 18.4 Å². The number of ether oxygens (including phenoxy) is 1. The van der Waals surface area contributed by atoms with Gasteiger partial charge in [0.25, 0.3) is 5.91 Å². The minimum Gasteiger partial charge on any atom is -0.397 e. The van der Waals surface area contributed by atoms with Crippen LogP contribution in [0.15, 0.2) is 12.3 Å². The molecular formula is C13H19N3O2. The maximum atomic E-state index is 12.5. The van der Waals surface area contributed by atoms with E-state index in [-0.39, 0.29) is 18.1 Å². The first-order chi connectivity index (χ1) is 8.75. The van der Waals surface area contributed by atoms with Crippen LogP contribution in [-0.2, 0) is 4.74 Å². The number of hydrogen-bond acceptors (Lipinski definition) is 3. The van der Waals surface area contributed by atoms with E-state index in [0.717, 1.165) is 12.8 Å². The molecule has 0 spiro atoms. The minimum absolute atomic E-state index is 0.0481. The van der Waals surface area contributed by atoms with Crippen LogP contribution >= 0.6 is 0 Å². The fourth-order valence-electron chi connectivity index (χ4n) is 3.04. The van der Waals surface area contributed by atoms with Crippen molar-refractivity contribution in [2.24, 2.45) is 0 Å². The largest absolute Gasteiger partial charge is 0.397 e. The molecule has 5 nitrogen and oxygen atoms in total. The number of nitrogens with two attached hydrogens (primary N) is 1. The molecule has 2 unspecified atom stereocenters. The number of carbonyl (C=O) groups is 1. The molecule has 98 valence electrons. The number of nitrogens with zero attached hydrogens (tertiary/aromatic N) is 1. The molecule has 0 bridgehead atoms. The lowest BCUT2D eigenvalue weighted by atomic mass is 9.90. The van der Waals surface area contributed by atoms with E-state index >= 15 is 0 Å². The quantitative estimate of drug-likeness (QED) is 0.790. The van der Waals surface area contributed by atoms with Gasteiger partial charge in [-0.2, -0.15) is 0 Å². The zero-order valence-electron chi connectivity index (χ0n) is 10.4. The summed E-state index contributed by atoms with van der Waals surface area (Å²) in [5.41, 5.74) is 6.84. The maximum absolute atomic E-state index is 12.5. The number of H-pyrrole nitrogens is 1. The van der Waals surface area contributed by atoms with E-state index in [1.54, 1.807) is 12.3 Å². The highest BCUT2D eigenvalue weighted by Crippen LogP contribution is 2.29. The summed E-state index contributed by atoms with van der Waals surface area (Å²) in [6.45, 7) is 1.32. The topological polar surface area (TPSA) is 71.4 Å². The van der Waals surface area contributed by atoms with E-state index in [2.05, 4.69) is 4.98 Å². The van der Waals surface area contributed by atoms with Crippen molar-refractivity contribution < 1.29 is 9.53 Å². The van der Waals surface area contributed by atoms with Gasteiger partial charge in [-0.15, -0.1) is 0 Å². The van der Waals surface area contributed by atoms with Crippen LogP contribution in [0.4, 0.5) is 5.69 Å². The number of hydrogen-bond donors (Lipinski definition) is 2. The van der Waals surface area contributed by atoms with Gasteiger partial charge in [-0.05, 0) is 18.9 Å². The lowest BCUT2D eigenvalue weighted by molar-refractivity contribution is -0.0754. The first-order valence-electron chi connectivity index (χ1n) is 6.62. The normalized spacial score (nSPS) is 27.9. The molecular weight excluding hydrogens is 230 g/mol. The minimum atomic E-state index is 0.0481. The fraction of sp³-hybridized carbons (Fsp3) is 0.615. The molecule has 2 heterocycles. The predicted molar refractivity (Wildman–Crippen MR) is 68.2 cm³/mol. The Bertz CT molecular complexity index is 441. The van der Waals surface area contributed by atoms with Crippen molar-refractivity contribution in [3.05, 3.63) is 18.0 Å². The molecule has 18 heavy (non-hydrogen) atoms. The maximum Gasteiger partial charge on any atom is 0.270 e. The zero-order chi connectivity index (χ0) is 12.5. The van der Waals surface area contributed by atoms with E-state index in [1.807, 2.05) is 4.90 Å². The zero-order valence-corrected chi connectivity index (χ0v) is 10.4. The van der Waals surface area contributed by atoms with Gasteiger partial charge in [0.2, 0.25) is 0 Å². The molecule has 2 atom stereocenters. The predicted octanol–water partition coefficient (Wildman–Crippen LogP) is 1.38. The van der Waals surface area contributed by atoms with Gasteiger partial charge >= 0.3 is 0 Å². The van der Waals surface area contributed by atoms with Gasteiger partial charge in [-0.1, -0.05) is 12.8 Å². The van der Waals surface area contributed by atoms with Gasteiger partial charge in [-0.3, -0.25) is 4.79 Å². The standard InChI is InChI=1S/C13H19N3O2/c14-9-7-10(15-8-9)13(17)16-5-6-18-12-4-2-1-3-11(12)16/h7-8,11-12,15H,1-6,14H2. The Hall–Kier alpha value is -1.49. The Morgan fingerprint density at radius 3 is 3.06 bits per heavy atom. The third-order valence-corrected chi connectivity index (χ3v) is 3.93. The molecule has 1 aromatic heterocycles. The number of carbonyl (C=O) groups excluding carboxylic acids is 1. The van der Waals surface area contributed by atoms with Crippen LogP contribution in [0.25, 0.3) is 0 Å². The van der Waals surface area contributed by atoms with Crippen molar-refractivity contribution >= 4 is 11.6 Å². The summed E-state index contributed by atoms with van der Waals surface area (Å²) in [5.74, 6) is 0.0481. The second kappa shape index (κ2) is 4.65. The Morgan fingerprint density at radius 1 is 1.44 bits per heavy atom. The lowest BCUT2D eigenvalue weighted by Crippen LogP contribution is -2.54. The van der Waals surface area contributed by atoms with Crippen LogP contribution in [0.5, 0.6) is 0 Å². The van der Waals surface area contributed by atoms with Crippen LogP contribution in [0, 0.1) is 0 Å². The number of aromatic nitrogens is 1. The molecule has 1 amide bonds. The third-order valence-electron chi connectivity index (χ3n) is 3.93. The summed E-state index contributed by atoms with van der Waals surface area (Å²) in [7, 11) is 0. The average Bonchev–Trinajstić information content (AvgIpc) is 2.84. The van der Waals surface area contributed by atoms with Crippen LogP contribution < -0.4 is 5.73 Å². The summed E-state index contributed by atoms with van der Waals surface area (Å²) in [4.78, 5) is 17.3. The number of aromatic amines is 1. The molecule has 3 N–H and O–H groups in total. The highest BCUT2D eigenvalue weighted by molar-refractivity contribution is 5.93. The molecule has 0 radical (unpaired) electrons. The summed E-state index contributed by atoms with van der Waals surface area (Å²) in [5, 5.41) is 0. The van der Waals surface area contributed by atoms with Gasteiger partial charge in [0.05, 0.1) is 18.8 Å². The van der Waals surface area contributed by atoms with E-state index in [4.69, 9.17) is 10.5 Å². The van der Waals surface area contributed by atoms with E-state index < -0.39 is 0 Å². The Balaban J connectivity index is 1.79. The summed E-state index contributed by atoms with van der Waals surface area (Å²) < 4.78 is 5.77. The second-order valence-electron chi connectivity index (χ2n) is 5.11. The third kappa shape index (κ3) is 1.99. The number of nitrogen functional groups attached to an aromatic ring is 1. The van der Waals surface area contributed by atoms with E-state index in [1.165, 1.54) is 12.8 Å². The molecule has 1 aliphatic carbocycles. The molecule has 0 aromatic carbocycles. The molecule has 2 aliphatic rings. The number of amides is 1.